The fourth-order valence-corrected chi connectivity index (χ4v) is 4.67. The van der Waals surface area contributed by atoms with E-state index in [4.69, 9.17) is 5.73 Å². The Morgan fingerprint density at radius 1 is 1.41 bits per heavy atom. The van der Waals surface area contributed by atoms with Crippen molar-refractivity contribution in [2.75, 3.05) is 6.54 Å². The van der Waals surface area contributed by atoms with Gasteiger partial charge in [-0.1, -0.05) is 19.8 Å². The van der Waals surface area contributed by atoms with E-state index in [1.807, 2.05) is 11.3 Å². The van der Waals surface area contributed by atoms with Gasteiger partial charge in [0, 0.05) is 9.35 Å². The first kappa shape index (κ1) is 13.6. The summed E-state index contributed by atoms with van der Waals surface area (Å²) < 4.78 is 1.29. The van der Waals surface area contributed by atoms with Gasteiger partial charge in [-0.3, -0.25) is 0 Å². The molecule has 0 bridgehead atoms. The highest BCUT2D eigenvalue weighted by Gasteiger charge is 2.29. The Morgan fingerprint density at radius 2 is 2.24 bits per heavy atom. The minimum atomic E-state index is 0.742. The van der Waals surface area contributed by atoms with Crippen LogP contribution in [0.25, 0.3) is 0 Å². The summed E-state index contributed by atoms with van der Waals surface area (Å²) in [5.41, 5.74) is 5.94. The van der Waals surface area contributed by atoms with Crippen LogP contribution in [-0.2, 0) is 6.42 Å². The fourth-order valence-electron chi connectivity index (χ4n) is 3.06. The zero-order valence-electron chi connectivity index (χ0n) is 10.5. The van der Waals surface area contributed by atoms with Crippen molar-refractivity contribution in [3.63, 3.8) is 0 Å². The average molecular weight is 316 g/mol. The van der Waals surface area contributed by atoms with E-state index in [0.29, 0.717) is 0 Å². The Hall–Kier alpha value is 0.140. The summed E-state index contributed by atoms with van der Waals surface area (Å²) in [6, 6.07) is 2.16. The molecule has 2 N–H and O–H groups in total. The third-order valence-corrected chi connectivity index (χ3v) is 6.22. The van der Waals surface area contributed by atoms with E-state index in [0.717, 1.165) is 24.3 Å². The van der Waals surface area contributed by atoms with Gasteiger partial charge in [-0.05, 0) is 70.9 Å². The molecule has 0 spiro atoms. The van der Waals surface area contributed by atoms with Crippen LogP contribution in [0.2, 0.25) is 0 Å². The number of hydrogen-bond donors (Lipinski definition) is 1. The molecular formula is C14H22BrNS. The maximum atomic E-state index is 5.94. The molecule has 2 rings (SSSR count). The summed E-state index contributed by atoms with van der Waals surface area (Å²) in [4.78, 5) is 1.50. The van der Waals surface area contributed by atoms with E-state index in [1.54, 1.807) is 0 Å². The summed E-state index contributed by atoms with van der Waals surface area (Å²) in [5.74, 6) is 2.47. The second kappa shape index (κ2) is 6.35. The van der Waals surface area contributed by atoms with Gasteiger partial charge in [0.05, 0.1) is 0 Å². The molecule has 1 saturated carbocycles. The second-order valence-corrected chi connectivity index (χ2v) is 7.09. The number of hydrogen-bond acceptors (Lipinski definition) is 2. The molecule has 1 fully saturated rings. The Labute approximate surface area is 117 Å². The molecule has 3 heteroatoms. The Bertz CT molecular complexity index is 350. The molecule has 0 saturated heterocycles. The van der Waals surface area contributed by atoms with Crippen LogP contribution in [-0.4, -0.2) is 6.54 Å². The first-order valence-electron chi connectivity index (χ1n) is 6.66. The molecule has 0 aliphatic heterocycles. The molecule has 3 atom stereocenters. The van der Waals surface area contributed by atoms with Crippen LogP contribution in [0.15, 0.2) is 15.9 Å². The van der Waals surface area contributed by atoms with E-state index in [1.165, 1.54) is 41.5 Å². The molecule has 1 aromatic heterocycles. The van der Waals surface area contributed by atoms with Gasteiger partial charge in [-0.25, -0.2) is 0 Å². The molecule has 17 heavy (non-hydrogen) atoms. The highest BCUT2D eigenvalue weighted by atomic mass is 79.9. The van der Waals surface area contributed by atoms with E-state index >= 15 is 0 Å². The van der Waals surface area contributed by atoms with E-state index in [-0.39, 0.29) is 0 Å². The van der Waals surface area contributed by atoms with Crippen LogP contribution in [0.3, 0.4) is 0 Å². The SMILES string of the molecule is CCC1CCC(CN)C(Cc2sccc2Br)C1. The van der Waals surface area contributed by atoms with Crippen LogP contribution >= 0.6 is 27.3 Å². The minimum Gasteiger partial charge on any atom is -0.330 e. The van der Waals surface area contributed by atoms with Gasteiger partial charge >= 0.3 is 0 Å². The molecule has 1 aliphatic rings. The lowest BCUT2D eigenvalue weighted by atomic mass is 9.72. The molecule has 0 radical (unpaired) electrons. The maximum absolute atomic E-state index is 5.94. The summed E-state index contributed by atoms with van der Waals surface area (Å²) in [6.45, 7) is 3.19. The van der Waals surface area contributed by atoms with Gasteiger partial charge in [0.2, 0.25) is 0 Å². The second-order valence-electron chi connectivity index (χ2n) is 5.24. The third-order valence-electron chi connectivity index (χ3n) is 4.27. The van der Waals surface area contributed by atoms with Crippen molar-refractivity contribution in [3.8, 4) is 0 Å². The molecule has 0 aromatic carbocycles. The molecule has 1 nitrogen and oxygen atoms in total. The smallest absolute Gasteiger partial charge is 0.0314 e. The fraction of sp³-hybridized carbons (Fsp3) is 0.714. The van der Waals surface area contributed by atoms with Gasteiger partial charge in [0.1, 0.15) is 0 Å². The van der Waals surface area contributed by atoms with Crippen LogP contribution in [0.5, 0.6) is 0 Å². The van der Waals surface area contributed by atoms with Gasteiger partial charge in [-0.2, -0.15) is 0 Å². The number of rotatable bonds is 4. The lowest BCUT2D eigenvalue weighted by molar-refractivity contribution is 0.180. The molecule has 1 heterocycles. The lowest BCUT2D eigenvalue weighted by Crippen LogP contribution is -2.31. The summed E-state index contributed by atoms with van der Waals surface area (Å²) >= 11 is 5.52. The van der Waals surface area contributed by atoms with Crippen LogP contribution < -0.4 is 5.73 Å². The first-order chi connectivity index (χ1) is 8.24. The molecule has 1 aromatic rings. The van der Waals surface area contributed by atoms with E-state index in [9.17, 15) is 0 Å². The predicted molar refractivity (Wildman–Crippen MR) is 79.4 cm³/mol. The molecule has 0 amide bonds. The highest BCUT2D eigenvalue weighted by molar-refractivity contribution is 9.10. The minimum absolute atomic E-state index is 0.742. The Kier molecular flexibility index (Phi) is 5.07. The Morgan fingerprint density at radius 3 is 2.82 bits per heavy atom. The van der Waals surface area contributed by atoms with E-state index < -0.39 is 0 Å². The van der Waals surface area contributed by atoms with E-state index in [2.05, 4.69) is 34.3 Å². The van der Waals surface area contributed by atoms with Crippen LogP contribution in [0.4, 0.5) is 0 Å². The zero-order chi connectivity index (χ0) is 12.3. The quantitative estimate of drug-likeness (QED) is 0.872. The Balaban J connectivity index is 2.03. The number of thiophene rings is 1. The van der Waals surface area contributed by atoms with Gasteiger partial charge in [0.15, 0.2) is 0 Å². The summed E-state index contributed by atoms with van der Waals surface area (Å²) in [7, 11) is 0. The number of halogens is 1. The summed E-state index contributed by atoms with van der Waals surface area (Å²) in [6.07, 6.45) is 6.65. The van der Waals surface area contributed by atoms with Crippen molar-refractivity contribution in [1.29, 1.82) is 0 Å². The summed E-state index contributed by atoms with van der Waals surface area (Å²) in [5, 5.41) is 2.18. The van der Waals surface area contributed by atoms with Gasteiger partial charge in [0.25, 0.3) is 0 Å². The molecule has 1 aliphatic carbocycles. The zero-order valence-corrected chi connectivity index (χ0v) is 12.9. The van der Waals surface area contributed by atoms with Crippen LogP contribution in [0, 0.1) is 17.8 Å². The van der Waals surface area contributed by atoms with Crippen molar-refractivity contribution in [2.45, 2.75) is 39.0 Å². The molecule has 3 unspecified atom stereocenters. The van der Waals surface area contributed by atoms with Gasteiger partial charge < -0.3 is 5.73 Å². The predicted octanol–water partition coefficient (Wildman–Crippen LogP) is 4.45. The van der Waals surface area contributed by atoms with Crippen molar-refractivity contribution in [2.24, 2.45) is 23.5 Å². The van der Waals surface area contributed by atoms with Crippen molar-refractivity contribution in [1.82, 2.24) is 0 Å². The molecule has 96 valence electrons. The van der Waals surface area contributed by atoms with Crippen LogP contribution in [0.1, 0.15) is 37.5 Å². The lowest BCUT2D eigenvalue weighted by Gasteiger charge is -2.35. The van der Waals surface area contributed by atoms with Gasteiger partial charge in [-0.15, -0.1) is 11.3 Å². The standard InChI is InChI=1S/C14H22BrNS/c1-2-10-3-4-11(9-16)12(7-10)8-14-13(15)5-6-17-14/h5-6,10-12H,2-4,7-9,16H2,1H3. The van der Waals surface area contributed by atoms with Crippen molar-refractivity contribution >= 4 is 27.3 Å². The average Bonchev–Trinajstić information content (AvgIpc) is 2.75. The van der Waals surface area contributed by atoms with Crippen molar-refractivity contribution < 1.29 is 0 Å². The normalized spacial score (nSPS) is 29.5. The van der Waals surface area contributed by atoms with Crippen molar-refractivity contribution in [3.05, 3.63) is 20.8 Å². The molecular weight excluding hydrogens is 294 g/mol. The topological polar surface area (TPSA) is 26.0 Å². The third kappa shape index (κ3) is 3.33. The maximum Gasteiger partial charge on any atom is 0.0314 e. The highest BCUT2D eigenvalue weighted by Crippen LogP contribution is 2.38. The monoisotopic (exact) mass is 315 g/mol. The first-order valence-corrected chi connectivity index (χ1v) is 8.33. The number of nitrogens with two attached hydrogens (primary N) is 1. The largest absolute Gasteiger partial charge is 0.330 e.